The van der Waals surface area contributed by atoms with Crippen LogP contribution in [0.15, 0.2) is 52.8 Å². The lowest BCUT2D eigenvalue weighted by Gasteiger charge is -2.12. The van der Waals surface area contributed by atoms with Crippen molar-refractivity contribution in [3.05, 3.63) is 64.1 Å². The highest BCUT2D eigenvalue weighted by molar-refractivity contribution is 14.0. The molecule has 1 heterocycles. The molecule has 0 aliphatic rings. The van der Waals surface area contributed by atoms with Gasteiger partial charge in [-0.05, 0) is 16.3 Å². The number of thiazole rings is 1. The molecule has 0 unspecified atom stereocenters. The Bertz CT molecular complexity index is 919. The SMILES string of the molecule is CN=C(NCc1nc(C(F)(F)F)cs1)NCc1cccc2ccccc12.I. The number of nitrogens with zero attached hydrogens (tertiary/aromatic N) is 2. The van der Waals surface area contributed by atoms with Crippen molar-refractivity contribution in [3.8, 4) is 0 Å². The maximum absolute atomic E-state index is 12.6. The van der Waals surface area contributed by atoms with Crippen LogP contribution in [0.5, 0.6) is 0 Å². The van der Waals surface area contributed by atoms with Gasteiger partial charge in [0.25, 0.3) is 0 Å². The molecular formula is C18H18F3IN4S. The van der Waals surface area contributed by atoms with Crippen molar-refractivity contribution in [2.24, 2.45) is 4.99 Å². The van der Waals surface area contributed by atoms with Crippen molar-refractivity contribution in [1.29, 1.82) is 0 Å². The second kappa shape index (κ2) is 9.36. The Hall–Kier alpha value is -1.88. The Morgan fingerprint density at radius 2 is 1.78 bits per heavy atom. The van der Waals surface area contributed by atoms with Gasteiger partial charge in [-0.1, -0.05) is 42.5 Å². The van der Waals surface area contributed by atoms with E-state index in [4.69, 9.17) is 0 Å². The number of halogens is 4. The van der Waals surface area contributed by atoms with Gasteiger partial charge in [-0.15, -0.1) is 35.3 Å². The molecule has 0 aliphatic heterocycles. The summed E-state index contributed by atoms with van der Waals surface area (Å²) in [7, 11) is 1.61. The third-order valence-electron chi connectivity index (χ3n) is 3.80. The molecule has 3 rings (SSSR count). The number of fused-ring (bicyclic) bond motifs is 1. The van der Waals surface area contributed by atoms with Crippen LogP contribution in [-0.4, -0.2) is 18.0 Å². The predicted molar refractivity (Wildman–Crippen MR) is 114 cm³/mol. The Morgan fingerprint density at radius 3 is 2.48 bits per heavy atom. The van der Waals surface area contributed by atoms with E-state index in [-0.39, 0.29) is 30.5 Å². The van der Waals surface area contributed by atoms with Crippen molar-refractivity contribution in [1.82, 2.24) is 15.6 Å². The Balaban J connectivity index is 0.00000261. The number of guanidine groups is 1. The normalized spacial score (nSPS) is 11.9. The number of hydrogen-bond donors (Lipinski definition) is 2. The molecule has 0 radical (unpaired) electrons. The predicted octanol–water partition coefficient (Wildman–Crippen LogP) is 4.80. The summed E-state index contributed by atoms with van der Waals surface area (Å²) in [5, 5.41) is 9.83. The standard InChI is InChI=1S/C18H17F3N4S.HI/c1-22-17(24-10-16-25-15(11-26-16)18(19,20)21)23-9-13-7-4-6-12-5-2-3-8-14(12)13;/h2-8,11H,9-10H2,1H3,(H2,22,23,24);1H. The fourth-order valence-electron chi connectivity index (χ4n) is 2.53. The van der Waals surface area contributed by atoms with Gasteiger partial charge in [0.2, 0.25) is 0 Å². The zero-order valence-corrected chi connectivity index (χ0v) is 17.5. The summed E-state index contributed by atoms with van der Waals surface area (Å²) in [6.07, 6.45) is -4.41. The second-order valence-corrected chi connectivity index (χ2v) is 6.48. The number of alkyl halides is 3. The first kappa shape index (κ1) is 21.4. The Morgan fingerprint density at radius 1 is 1.07 bits per heavy atom. The average molecular weight is 506 g/mol. The van der Waals surface area contributed by atoms with Gasteiger partial charge in [-0.2, -0.15) is 13.2 Å². The first-order valence-electron chi connectivity index (χ1n) is 7.90. The third-order valence-corrected chi connectivity index (χ3v) is 4.65. The summed E-state index contributed by atoms with van der Waals surface area (Å²) in [6.45, 7) is 0.725. The van der Waals surface area contributed by atoms with Crippen LogP contribution in [0.1, 0.15) is 16.3 Å². The first-order valence-corrected chi connectivity index (χ1v) is 8.78. The highest BCUT2D eigenvalue weighted by Gasteiger charge is 2.33. The molecule has 0 saturated carbocycles. The first-order chi connectivity index (χ1) is 12.5. The lowest BCUT2D eigenvalue weighted by molar-refractivity contribution is -0.140. The maximum atomic E-state index is 12.6. The number of hydrogen-bond acceptors (Lipinski definition) is 3. The van der Waals surface area contributed by atoms with Crippen molar-refractivity contribution in [2.75, 3.05) is 7.05 Å². The van der Waals surface area contributed by atoms with Crippen LogP contribution in [0.4, 0.5) is 13.2 Å². The van der Waals surface area contributed by atoms with E-state index in [1.54, 1.807) is 7.05 Å². The van der Waals surface area contributed by atoms with Crippen LogP contribution < -0.4 is 10.6 Å². The summed E-state index contributed by atoms with van der Waals surface area (Å²) in [5.74, 6) is 0.502. The van der Waals surface area contributed by atoms with Gasteiger partial charge in [0, 0.05) is 19.0 Å². The molecule has 0 atom stereocenters. The van der Waals surface area contributed by atoms with Gasteiger partial charge < -0.3 is 10.6 Å². The molecule has 0 fully saturated rings. The van der Waals surface area contributed by atoms with Crippen LogP contribution in [0, 0.1) is 0 Å². The van der Waals surface area contributed by atoms with E-state index in [1.807, 2.05) is 36.4 Å². The van der Waals surface area contributed by atoms with E-state index in [2.05, 4.69) is 26.7 Å². The number of aromatic nitrogens is 1. The second-order valence-electron chi connectivity index (χ2n) is 5.54. The van der Waals surface area contributed by atoms with E-state index >= 15 is 0 Å². The molecule has 0 bridgehead atoms. The molecule has 27 heavy (non-hydrogen) atoms. The zero-order valence-electron chi connectivity index (χ0n) is 14.4. The quantitative estimate of drug-likeness (QED) is 0.304. The van der Waals surface area contributed by atoms with Gasteiger partial charge in [0.05, 0.1) is 6.54 Å². The number of benzene rings is 2. The van der Waals surface area contributed by atoms with E-state index in [1.165, 1.54) is 0 Å². The summed E-state index contributed by atoms with van der Waals surface area (Å²) in [4.78, 5) is 7.70. The number of aliphatic imine (C=N–C) groups is 1. The van der Waals surface area contributed by atoms with Gasteiger partial charge in [0.1, 0.15) is 5.01 Å². The molecule has 4 nitrogen and oxygen atoms in total. The molecule has 1 aromatic heterocycles. The molecule has 0 spiro atoms. The topological polar surface area (TPSA) is 49.3 Å². The van der Waals surface area contributed by atoms with Crippen LogP contribution in [0.25, 0.3) is 10.8 Å². The summed E-state index contributed by atoms with van der Waals surface area (Å²) in [5.41, 5.74) is 0.248. The number of rotatable bonds is 4. The van der Waals surface area contributed by atoms with Crippen molar-refractivity contribution < 1.29 is 13.2 Å². The minimum Gasteiger partial charge on any atom is -0.352 e. The molecular weight excluding hydrogens is 488 g/mol. The fourth-order valence-corrected chi connectivity index (χ4v) is 3.27. The van der Waals surface area contributed by atoms with Crippen LogP contribution in [0.3, 0.4) is 0 Å². The minimum absolute atomic E-state index is 0. The lowest BCUT2D eigenvalue weighted by Crippen LogP contribution is -2.36. The minimum atomic E-state index is -4.41. The van der Waals surface area contributed by atoms with Gasteiger partial charge in [-0.25, -0.2) is 4.98 Å². The average Bonchev–Trinajstić information content (AvgIpc) is 3.11. The Kier molecular flexibility index (Phi) is 7.42. The van der Waals surface area contributed by atoms with E-state index < -0.39 is 11.9 Å². The molecule has 0 amide bonds. The van der Waals surface area contributed by atoms with Crippen LogP contribution in [0.2, 0.25) is 0 Å². The lowest BCUT2D eigenvalue weighted by atomic mass is 10.0. The number of nitrogens with one attached hydrogen (secondary N) is 2. The fraction of sp³-hybridized carbons (Fsp3) is 0.222. The monoisotopic (exact) mass is 506 g/mol. The van der Waals surface area contributed by atoms with Crippen LogP contribution in [-0.2, 0) is 19.3 Å². The molecule has 0 saturated heterocycles. The smallest absolute Gasteiger partial charge is 0.352 e. The zero-order chi connectivity index (χ0) is 18.6. The van der Waals surface area contributed by atoms with E-state index in [0.717, 1.165) is 33.1 Å². The summed E-state index contributed by atoms with van der Waals surface area (Å²) < 4.78 is 37.8. The molecule has 9 heteroatoms. The maximum Gasteiger partial charge on any atom is 0.434 e. The van der Waals surface area contributed by atoms with E-state index in [0.29, 0.717) is 17.5 Å². The van der Waals surface area contributed by atoms with Crippen LogP contribution >= 0.6 is 35.3 Å². The molecule has 3 aromatic rings. The Labute approximate surface area is 175 Å². The molecule has 144 valence electrons. The molecule has 2 aromatic carbocycles. The van der Waals surface area contributed by atoms with Crippen molar-refractivity contribution in [3.63, 3.8) is 0 Å². The van der Waals surface area contributed by atoms with Gasteiger partial charge in [-0.3, -0.25) is 4.99 Å². The van der Waals surface area contributed by atoms with Gasteiger partial charge in [0.15, 0.2) is 11.7 Å². The highest BCUT2D eigenvalue weighted by atomic mass is 127. The third kappa shape index (κ3) is 5.55. The molecule has 2 N–H and O–H groups in total. The van der Waals surface area contributed by atoms with Crippen molar-refractivity contribution in [2.45, 2.75) is 19.3 Å². The highest BCUT2D eigenvalue weighted by Crippen LogP contribution is 2.29. The summed E-state index contributed by atoms with van der Waals surface area (Å²) >= 11 is 0.969. The molecule has 0 aliphatic carbocycles. The summed E-state index contributed by atoms with van der Waals surface area (Å²) in [6, 6.07) is 14.1. The van der Waals surface area contributed by atoms with E-state index in [9.17, 15) is 13.2 Å². The van der Waals surface area contributed by atoms with Crippen molar-refractivity contribution >= 4 is 52.0 Å². The largest absolute Gasteiger partial charge is 0.434 e. The van der Waals surface area contributed by atoms with Gasteiger partial charge >= 0.3 is 6.18 Å².